The number of carbonyl (C=O) groups excluding carboxylic acids is 1. The first kappa shape index (κ1) is 26.6. The lowest BCUT2D eigenvalue weighted by Crippen LogP contribution is -2.25. The molecular formula is C27H27N3O7S. The van der Waals surface area contributed by atoms with Crippen molar-refractivity contribution in [1.82, 2.24) is 4.98 Å². The van der Waals surface area contributed by atoms with Crippen molar-refractivity contribution in [3.05, 3.63) is 59.7 Å². The van der Waals surface area contributed by atoms with Gasteiger partial charge >= 0.3 is 0 Å². The average Bonchev–Trinajstić information content (AvgIpc) is 3.38. The van der Waals surface area contributed by atoms with Gasteiger partial charge in [0.05, 0.1) is 59.1 Å². The number of thiazole rings is 1. The van der Waals surface area contributed by atoms with Crippen molar-refractivity contribution in [1.29, 1.82) is 0 Å². The minimum atomic E-state index is -0.433. The van der Waals surface area contributed by atoms with Gasteiger partial charge in [-0.3, -0.25) is 4.79 Å². The van der Waals surface area contributed by atoms with E-state index in [1.807, 2.05) is 18.2 Å². The second-order valence-electron chi connectivity index (χ2n) is 7.75. The number of fused-ring (bicyclic) bond motifs is 1. The lowest BCUT2D eigenvalue weighted by Gasteiger charge is -2.16. The molecule has 1 aromatic heterocycles. The zero-order chi connectivity index (χ0) is 27.2. The van der Waals surface area contributed by atoms with Crippen molar-refractivity contribution in [2.24, 2.45) is 5.10 Å². The van der Waals surface area contributed by atoms with E-state index in [0.29, 0.717) is 56.3 Å². The fraction of sp³-hybridized carbons (Fsp3) is 0.222. The zero-order valence-corrected chi connectivity index (χ0v) is 22.6. The molecule has 0 aliphatic heterocycles. The second kappa shape index (κ2) is 11.7. The second-order valence-corrected chi connectivity index (χ2v) is 8.76. The summed E-state index contributed by atoms with van der Waals surface area (Å²) in [6.07, 6.45) is 1.52. The highest BCUT2D eigenvalue weighted by Gasteiger charge is 2.23. The summed E-state index contributed by atoms with van der Waals surface area (Å²) in [5.74, 6) is 2.54. The summed E-state index contributed by atoms with van der Waals surface area (Å²) in [5.41, 5.74) is 1.62. The molecule has 0 bridgehead atoms. The van der Waals surface area contributed by atoms with E-state index >= 15 is 0 Å². The molecule has 0 N–H and O–H groups in total. The molecule has 1 heterocycles. The molecule has 198 valence electrons. The number of rotatable bonds is 10. The van der Waals surface area contributed by atoms with E-state index in [4.69, 9.17) is 28.4 Å². The summed E-state index contributed by atoms with van der Waals surface area (Å²) in [7, 11) is 9.21. The maximum absolute atomic E-state index is 13.8. The molecule has 0 spiro atoms. The van der Waals surface area contributed by atoms with E-state index in [1.54, 1.807) is 37.4 Å². The molecule has 11 heteroatoms. The third-order valence-electron chi connectivity index (χ3n) is 5.57. The zero-order valence-electron chi connectivity index (χ0n) is 21.8. The molecule has 10 nitrogen and oxygen atoms in total. The molecule has 0 saturated carbocycles. The monoisotopic (exact) mass is 537 g/mol. The van der Waals surface area contributed by atoms with Gasteiger partial charge in [0.1, 0.15) is 17.2 Å². The molecule has 3 aromatic carbocycles. The number of carbonyl (C=O) groups is 1. The van der Waals surface area contributed by atoms with Gasteiger partial charge in [-0.25, -0.2) is 4.98 Å². The van der Waals surface area contributed by atoms with Crippen LogP contribution in [0.3, 0.4) is 0 Å². The highest BCUT2D eigenvalue weighted by molar-refractivity contribution is 7.22. The molecule has 0 aliphatic rings. The van der Waals surface area contributed by atoms with Crippen LogP contribution in [0, 0.1) is 0 Å². The topological polar surface area (TPSA) is 101 Å². The molecule has 4 aromatic rings. The Labute approximate surface area is 223 Å². The maximum atomic E-state index is 13.8. The third-order valence-corrected chi connectivity index (χ3v) is 6.56. The largest absolute Gasteiger partial charge is 0.497 e. The number of aromatic nitrogens is 1. The molecule has 4 rings (SSSR count). The van der Waals surface area contributed by atoms with Crippen molar-refractivity contribution < 1.29 is 33.2 Å². The minimum absolute atomic E-state index is 0.306. The first-order valence-corrected chi connectivity index (χ1v) is 12.1. The van der Waals surface area contributed by atoms with Crippen LogP contribution < -0.4 is 33.4 Å². The normalized spacial score (nSPS) is 10.9. The predicted octanol–water partition coefficient (Wildman–Crippen LogP) is 5.03. The van der Waals surface area contributed by atoms with Gasteiger partial charge in [-0.2, -0.15) is 10.1 Å². The Morgan fingerprint density at radius 2 is 1.42 bits per heavy atom. The van der Waals surface area contributed by atoms with Crippen LogP contribution in [0.2, 0.25) is 0 Å². The van der Waals surface area contributed by atoms with Crippen LogP contribution in [-0.4, -0.2) is 59.8 Å². The SMILES string of the molecule is COc1cc(OC)cc(C(=O)N(/N=C/c2cc(OC)c(OC)c(OC)c2)c2nc3ccc(OC)cc3s2)c1. The van der Waals surface area contributed by atoms with Crippen LogP contribution in [0.1, 0.15) is 15.9 Å². The molecule has 0 radical (unpaired) electrons. The van der Waals surface area contributed by atoms with Gasteiger partial charge in [-0.15, -0.1) is 0 Å². The average molecular weight is 538 g/mol. The Morgan fingerprint density at radius 1 is 0.789 bits per heavy atom. The van der Waals surface area contributed by atoms with Gasteiger partial charge in [-0.1, -0.05) is 11.3 Å². The highest BCUT2D eigenvalue weighted by atomic mass is 32.1. The summed E-state index contributed by atoms with van der Waals surface area (Å²) >= 11 is 1.30. The fourth-order valence-electron chi connectivity index (χ4n) is 3.65. The summed E-state index contributed by atoms with van der Waals surface area (Å²) in [5, 5.41) is 6.13. The summed E-state index contributed by atoms with van der Waals surface area (Å²) in [6.45, 7) is 0. The number of hydrazone groups is 1. The van der Waals surface area contributed by atoms with Crippen LogP contribution in [-0.2, 0) is 0 Å². The van der Waals surface area contributed by atoms with Crippen LogP contribution in [0.5, 0.6) is 34.5 Å². The highest BCUT2D eigenvalue weighted by Crippen LogP contribution is 2.38. The molecule has 0 unspecified atom stereocenters. The van der Waals surface area contributed by atoms with Crippen molar-refractivity contribution in [3.8, 4) is 34.5 Å². The third kappa shape index (κ3) is 5.42. The van der Waals surface area contributed by atoms with Crippen molar-refractivity contribution in [2.45, 2.75) is 0 Å². The van der Waals surface area contributed by atoms with Crippen molar-refractivity contribution in [2.75, 3.05) is 47.7 Å². The summed E-state index contributed by atoms with van der Waals surface area (Å²) < 4.78 is 33.2. The Kier molecular flexibility index (Phi) is 8.17. The minimum Gasteiger partial charge on any atom is -0.497 e. The number of hydrogen-bond acceptors (Lipinski definition) is 10. The molecule has 0 atom stereocenters. The number of nitrogens with zero attached hydrogens (tertiary/aromatic N) is 3. The van der Waals surface area contributed by atoms with Crippen LogP contribution in [0.4, 0.5) is 5.13 Å². The number of ether oxygens (including phenoxy) is 6. The van der Waals surface area contributed by atoms with Crippen LogP contribution in [0.25, 0.3) is 10.2 Å². The maximum Gasteiger partial charge on any atom is 0.281 e. The van der Waals surface area contributed by atoms with E-state index in [2.05, 4.69) is 10.1 Å². The Balaban J connectivity index is 1.82. The van der Waals surface area contributed by atoms with Crippen LogP contribution in [0.15, 0.2) is 53.6 Å². The van der Waals surface area contributed by atoms with E-state index in [9.17, 15) is 4.79 Å². The lowest BCUT2D eigenvalue weighted by molar-refractivity contribution is 0.0987. The number of benzene rings is 3. The molecule has 0 fully saturated rings. The van der Waals surface area contributed by atoms with E-state index in [1.165, 1.54) is 58.1 Å². The van der Waals surface area contributed by atoms with Crippen molar-refractivity contribution in [3.63, 3.8) is 0 Å². The summed E-state index contributed by atoms with van der Waals surface area (Å²) in [6, 6.07) is 13.9. The smallest absolute Gasteiger partial charge is 0.281 e. The van der Waals surface area contributed by atoms with Gasteiger partial charge in [-0.05, 0) is 42.5 Å². The van der Waals surface area contributed by atoms with Gasteiger partial charge in [0.2, 0.25) is 10.9 Å². The molecule has 38 heavy (non-hydrogen) atoms. The van der Waals surface area contributed by atoms with Gasteiger partial charge < -0.3 is 28.4 Å². The van der Waals surface area contributed by atoms with E-state index < -0.39 is 5.91 Å². The quantitative estimate of drug-likeness (QED) is 0.205. The first-order chi connectivity index (χ1) is 18.4. The Hall–Kier alpha value is -4.51. The van der Waals surface area contributed by atoms with Gasteiger partial charge in [0.15, 0.2) is 11.5 Å². The first-order valence-electron chi connectivity index (χ1n) is 11.3. The standard InChI is InChI=1S/C27H27N3O7S/c1-32-18-7-8-21-24(14-18)38-27(29-21)30(26(31)17-11-19(33-2)13-20(12-17)34-3)28-15-16-9-22(35-4)25(37-6)23(10-16)36-5/h7-15H,1-6H3/b28-15+. The number of amides is 1. The number of hydrogen-bond donors (Lipinski definition) is 0. The molecule has 0 saturated heterocycles. The van der Waals surface area contributed by atoms with Gasteiger partial charge in [0.25, 0.3) is 5.91 Å². The van der Waals surface area contributed by atoms with E-state index in [0.717, 1.165) is 4.70 Å². The van der Waals surface area contributed by atoms with Crippen LogP contribution >= 0.6 is 11.3 Å². The van der Waals surface area contributed by atoms with Gasteiger partial charge in [0, 0.05) is 17.2 Å². The van der Waals surface area contributed by atoms with Crippen molar-refractivity contribution >= 4 is 38.8 Å². The lowest BCUT2D eigenvalue weighted by atomic mass is 10.2. The number of methoxy groups -OCH3 is 6. The summed E-state index contributed by atoms with van der Waals surface area (Å²) in [4.78, 5) is 18.5. The van der Waals surface area contributed by atoms with E-state index in [-0.39, 0.29) is 0 Å². The Morgan fingerprint density at radius 3 is 1.97 bits per heavy atom. The molecular weight excluding hydrogens is 510 g/mol. The Bertz CT molecular complexity index is 1440. The predicted molar refractivity (Wildman–Crippen MR) is 146 cm³/mol. The molecule has 1 amide bonds. The molecule has 0 aliphatic carbocycles. The number of anilines is 1. The fourth-order valence-corrected chi connectivity index (χ4v) is 4.60.